The summed E-state index contributed by atoms with van der Waals surface area (Å²) in [6.45, 7) is 6.02. The van der Waals surface area contributed by atoms with E-state index < -0.39 is 0 Å². The van der Waals surface area contributed by atoms with Gasteiger partial charge in [-0.2, -0.15) is 0 Å². The highest BCUT2D eigenvalue weighted by Gasteiger charge is 2.18. The first-order chi connectivity index (χ1) is 10.3. The van der Waals surface area contributed by atoms with Gasteiger partial charge in [0.05, 0.1) is 0 Å². The zero-order valence-electron chi connectivity index (χ0n) is 12.4. The van der Waals surface area contributed by atoms with Crippen LogP contribution in [0.4, 0.5) is 5.69 Å². The normalized spacial score (nSPS) is 14.1. The number of anilines is 1. The van der Waals surface area contributed by atoms with Crippen LogP contribution in [-0.4, -0.2) is 13.1 Å². The molecular formula is C18H21ClN2. The van der Waals surface area contributed by atoms with Crippen LogP contribution in [0.15, 0.2) is 42.5 Å². The Morgan fingerprint density at radius 1 is 1.14 bits per heavy atom. The number of benzene rings is 2. The predicted molar refractivity (Wildman–Crippen MR) is 90.0 cm³/mol. The fourth-order valence-electron chi connectivity index (χ4n) is 2.94. The Morgan fingerprint density at radius 2 is 1.95 bits per heavy atom. The first-order valence-corrected chi connectivity index (χ1v) is 7.96. The van der Waals surface area contributed by atoms with Crippen LogP contribution in [-0.2, 0) is 19.5 Å². The van der Waals surface area contributed by atoms with E-state index in [9.17, 15) is 0 Å². The number of fused-ring (bicyclic) bond motifs is 1. The average molecular weight is 301 g/mol. The molecule has 0 spiro atoms. The zero-order chi connectivity index (χ0) is 14.7. The Labute approximate surface area is 131 Å². The molecule has 0 aromatic heterocycles. The average Bonchev–Trinajstić information content (AvgIpc) is 2.53. The molecule has 3 rings (SSSR count). The van der Waals surface area contributed by atoms with Crippen molar-refractivity contribution in [3.05, 3.63) is 64.2 Å². The van der Waals surface area contributed by atoms with E-state index in [2.05, 4.69) is 53.5 Å². The van der Waals surface area contributed by atoms with Gasteiger partial charge in [0.25, 0.3) is 0 Å². The molecule has 0 fully saturated rings. The van der Waals surface area contributed by atoms with E-state index in [1.807, 2.05) is 6.07 Å². The summed E-state index contributed by atoms with van der Waals surface area (Å²) in [7, 11) is 0. The van der Waals surface area contributed by atoms with E-state index in [1.165, 1.54) is 22.4 Å². The molecule has 110 valence electrons. The van der Waals surface area contributed by atoms with E-state index in [-0.39, 0.29) is 0 Å². The Balaban J connectivity index is 1.88. The maximum absolute atomic E-state index is 6.22. The molecule has 2 aromatic carbocycles. The highest BCUT2D eigenvalue weighted by Crippen LogP contribution is 2.29. The third-order valence-electron chi connectivity index (χ3n) is 4.08. The fourth-order valence-corrected chi connectivity index (χ4v) is 3.11. The molecule has 1 aliphatic heterocycles. The van der Waals surface area contributed by atoms with E-state index in [4.69, 9.17) is 11.6 Å². The van der Waals surface area contributed by atoms with Gasteiger partial charge in [-0.15, -0.1) is 0 Å². The predicted octanol–water partition coefficient (Wildman–Crippen LogP) is 4.01. The number of rotatable bonds is 4. The molecule has 0 radical (unpaired) electrons. The lowest BCUT2D eigenvalue weighted by atomic mass is 9.98. The van der Waals surface area contributed by atoms with Gasteiger partial charge in [-0.25, -0.2) is 0 Å². The third-order valence-corrected chi connectivity index (χ3v) is 4.32. The van der Waals surface area contributed by atoms with E-state index in [1.54, 1.807) is 0 Å². The van der Waals surface area contributed by atoms with E-state index in [0.717, 1.165) is 37.6 Å². The van der Waals surface area contributed by atoms with Gasteiger partial charge >= 0.3 is 0 Å². The molecule has 1 aliphatic rings. The summed E-state index contributed by atoms with van der Waals surface area (Å²) in [6.07, 6.45) is 1.10. The van der Waals surface area contributed by atoms with Gasteiger partial charge in [0.15, 0.2) is 0 Å². The molecular weight excluding hydrogens is 280 g/mol. The first-order valence-electron chi connectivity index (χ1n) is 7.59. The number of halogens is 1. The number of nitrogens with one attached hydrogen (secondary N) is 1. The number of hydrogen-bond donors (Lipinski definition) is 1. The quantitative estimate of drug-likeness (QED) is 0.918. The molecule has 0 saturated carbocycles. The Morgan fingerprint density at radius 3 is 2.76 bits per heavy atom. The van der Waals surface area contributed by atoms with Crippen molar-refractivity contribution in [2.45, 2.75) is 26.4 Å². The van der Waals surface area contributed by atoms with Crippen molar-refractivity contribution in [2.75, 3.05) is 18.0 Å². The van der Waals surface area contributed by atoms with Crippen molar-refractivity contribution in [3.8, 4) is 0 Å². The van der Waals surface area contributed by atoms with E-state index >= 15 is 0 Å². The SMILES string of the molecule is CCNCc1ccc(Cl)cc1N1CCc2ccccc2C1. The number of hydrogen-bond acceptors (Lipinski definition) is 2. The monoisotopic (exact) mass is 300 g/mol. The van der Waals surface area contributed by atoms with Gasteiger partial charge in [0.1, 0.15) is 0 Å². The fraction of sp³-hybridized carbons (Fsp3) is 0.333. The zero-order valence-corrected chi connectivity index (χ0v) is 13.2. The molecule has 2 nitrogen and oxygen atoms in total. The molecule has 0 unspecified atom stereocenters. The lowest BCUT2D eigenvalue weighted by Gasteiger charge is -2.32. The Bertz CT molecular complexity index is 624. The second-order valence-electron chi connectivity index (χ2n) is 5.49. The minimum atomic E-state index is 0.809. The standard InChI is InChI=1S/C18H21ClN2/c1-2-20-12-15-7-8-17(19)11-18(15)21-10-9-14-5-3-4-6-16(14)13-21/h3-8,11,20H,2,9-10,12-13H2,1H3. The van der Waals surface area contributed by atoms with Crippen LogP contribution in [0.5, 0.6) is 0 Å². The summed E-state index contributed by atoms with van der Waals surface area (Å²) < 4.78 is 0. The van der Waals surface area contributed by atoms with Crippen LogP contribution < -0.4 is 10.2 Å². The molecule has 0 aliphatic carbocycles. The van der Waals surface area contributed by atoms with Crippen LogP contribution in [0.1, 0.15) is 23.6 Å². The van der Waals surface area contributed by atoms with Gasteiger partial charge in [-0.3, -0.25) is 0 Å². The Kier molecular flexibility index (Phi) is 4.47. The molecule has 3 heteroatoms. The highest BCUT2D eigenvalue weighted by molar-refractivity contribution is 6.30. The second-order valence-corrected chi connectivity index (χ2v) is 5.93. The van der Waals surface area contributed by atoms with Crippen LogP contribution in [0, 0.1) is 0 Å². The summed E-state index contributed by atoms with van der Waals surface area (Å²) in [5, 5.41) is 4.22. The van der Waals surface area contributed by atoms with Crippen molar-refractivity contribution >= 4 is 17.3 Å². The maximum atomic E-state index is 6.22. The van der Waals surface area contributed by atoms with Crippen molar-refractivity contribution < 1.29 is 0 Å². The molecule has 0 bridgehead atoms. The van der Waals surface area contributed by atoms with Crippen molar-refractivity contribution in [1.82, 2.24) is 5.32 Å². The molecule has 1 heterocycles. The molecule has 0 amide bonds. The largest absolute Gasteiger partial charge is 0.367 e. The van der Waals surface area contributed by atoms with Crippen LogP contribution in [0.25, 0.3) is 0 Å². The lowest BCUT2D eigenvalue weighted by Crippen LogP contribution is -2.31. The van der Waals surface area contributed by atoms with Gasteiger partial charge in [0, 0.05) is 30.3 Å². The summed E-state index contributed by atoms with van der Waals surface area (Å²) in [6, 6.07) is 14.9. The molecule has 0 saturated heterocycles. The summed E-state index contributed by atoms with van der Waals surface area (Å²) in [5.41, 5.74) is 5.49. The summed E-state index contributed by atoms with van der Waals surface area (Å²) in [5.74, 6) is 0. The van der Waals surface area contributed by atoms with E-state index in [0.29, 0.717) is 0 Å². The van der Waals surface area contributed by atoms with Crippen LogP contribution in [0.2, 0.25) is 5.02 Å². The molecule has 21 heavy (non-hydrogen) atoms. The van der Waals surface area contributed by atoms with Crippen molar-refractivity contribution in [1.29, 1.82) is 0 Å². The van der Waals surface area contributed by atoms with Gasteiger partial charge in [-0.1, -0.05) is 48.9 Å². The topological polar surface area (TPSA) is 15.3 Å². The summed E-state index contributed by atoms with van der Waals surface area (Å²) >= 11 is 6.22. The number of nitrogens with zero attached hydrogens (tertiary/aromatic N) is 1. The molecule has 0 atom stereocenters. The van der Waals surface area contributed by atoms with Gasteiger partial charge in [-0.05, 0) is 41.8 Å². The molecule has 1 N–H and O–H groups in total. The van der Waals surface area contributed by atoms with Crippen LogP contribution in [0.3, 0.4) is 0 Å². The van der Waals surface area contributed by atoms with Gasteiger partial charge < -0.3 is 10.2 Å². The first kappa shape index (κ1) is 14.4. The van der Waals surface area contributed by atoms with Crippen molar-refractivity contribution in [3.63, 3.8) is 0 Å². The Hall–Kier alpha value is -1.51. The minimum absolute atomic E-state index is 0.809. The van der Waals surface area contributed by atoms with Gasteiger partial charge in [0.2, 0.25) is 0 Å². The second kappa shape index (κ2) is 6.50. The third kappa shape index (κ3) is 3.22. The smallest absolute Gasteiger partial charge is 0.0432 e. The van der Waals surface area contributed by atoms with Crippen LogP contribution >= 0.6 is 11.6 Å². The molecule has 2 aromatic rings. The highest BCUT2D eigenvalue weighted by atomic mass is 35.5. The lowest BCUT2D eigenvalue weighted by molar-refractivity contribution is 0.700. The van der Waals surface area contributed by atoms with Crippen molar-refractivity contribution in [2.24, 2.45) is 0 Å². The maximum Gasteiger partial charge on any atom is 0.0432 e. The minimum Gasteiger partial charge on any atom is -0.367 e. The summed E-state index contributed by atoms with van der Waals surface area (Å²) in [4.78, 5) is 2.45.